The Balaban J connectivity index is 1.80. The van der Waals surface area contributed by atoms with Crippen LogP contribution in [0.3, 0.4) is 0 Å². The molecule has 0 aliphatic carbocycles. The van der Waals surface area contributed by atoms with Gasteiger partial charge in [-0.1, -0.05) is 12.1 Å². The van der Waals surface area contributed by atoms with Crippen LogP contribution in [0.2, 0.25) is 0 Å². The summed E-state index contributed by atoms with van der Waals surface area (Å²) >= 11 is 1.40. The molecular formula is C14H18FNO3S2. The number of hydrogen-bond donors (Lipinski definition) is 1. The normalized spacial score (nSPS) is 21.9. The van der Waals surface area contributed by atoms with E-state index in [-0.39, 0.29) is 34.5 Å². The summed E-state index contributed by atoms with van der Waals surface area (Å²) in [5.74, 6) is 0.248. The van der Waals surface area contributed by atoms with Crippen LogP contribution in [0, 0.1) is 5.82 Å². The number of benzene rings is 1. The van der Waals surface area contributed by atoms with E-state index < -0.39 is 9.84 Å². The maximum absolute atomic E-state index is 13.0. The second kappa shape index (κ2) is 6.79. The second-order valence-corrected chi connectivity index (χ2v) is 8.75. The summed E-state index contributed by atoms with van der Waals surface area (Å²) in [6.45, 7) is 1.77. The molecule has 1 aliphatic heterocycles. The van der Waals surface area contributed by atoms with Crippen molar-refractivity contribution in [1.29, 1.82) is 0 Å². The van der Waals surface area contributed by atoms with E-state index in [4.69, 9.17) is 0 Å². The third-order valence-corrected chi connectivity index (χ3v) is 6.32. The Labute approximate surface area is 128 Å². The summed E-state index contributed by atoms with van der Waals surface area (Å²) in [4.78, 5) is 12.0. The number of amides is 1. The van der Waals surface area contributed by atoms with Crippen molar-refractivity contribution in [1.82, 2.24) is 5.32 Å². The van der Waals surface area contributed by atoms with Crippen molar-refractivity contribution in [3.05, 3.63) is 35.6 Å². The van der Waals surface area contributed by atoms with Gasteiger partial charge in [-0.05, 0) is 31.0 Å². The molecular weight excluding hydrogens is 313 g/mol. The van der Waals surface area contributed by atoms with Gasteiger partial charge in [-0.25, -0.2) is 12.8 Å². The second-order valence-electron chi connectivity index (χ2n) is 5.19. The van der Waals surface area contributed by atoms with Crippen LogP contribution >= 0.6 is 11.8 Å². The molecule has 1 fully saturated rings. The van der Waals surface area contributed by atoms with Gasteiger partial charge in [0.1, 0.15) is 5.82 Å². The quantitative estimate of drug-likeness (QED) is 0.893. The molecule has 0 radical (unpaired) electrons. The highest BCUT2D eigenvalue weighted by molar-refractivity contribution is 7.99. The van der Waals surface area contributed by atoms with E-state index in [1.165, 1.54) is 23.9 Å². The van der Waals surface area contributed by atoms with Crippen LogP contribution in [-0.4, -0.2) is 37.1 Å². The molecule has 2 atom stereocenters. The van der Waals surface area contributed by atoms with Crippen LogP contribution in [0.1, 0.15) is 18.9 Å². The van der Waals surface area contributed by atoms with E-state index in [0.29, 0.717) is 12.2 Å². The lowest BCUT2D eigenvalue weighted by Crippen LogP contribution is -2.40. The van der Waals surface area contributed by atoms with Gasteiger partial charge in [-0.15, -0.1) is 11.8 Å². The molecule has 1 aromatic rings. The lowest BCUT2D eigenvalue weighted by Gasteiger charge is -2.15. The average Bonchev–Trinajstić information content (AvgIpc) is 2.75. The number of sulfone groups is 1. The number of rotatable bonds is 5. The topological polar surface area (TPSA) is 63.2 Å². The first-order chi connectivity index (χ1) is 9.85. The number of carbonyl (C=O) groups is 1. The van der Waals surface area contributed by atoms with Gasteiger partial charge in [0.05, 0.1) is 16.8 Å². The molecule has 0 aromatic heterocycles. The lowest BCUT2D eigenvalue weighted by atomic mass is 10.2. The highest BCUT2D eigenvalue weighted by Gasteiger charge is 2.29. The van der Waals surface area contributed by atoms with Crippen molar-refractivity contribution in [2.75, 3.05) is 11.5 Å². The third kappa shape index (κ3) is 5.00. The molecule has 1 aliphatic rings. The smallest absolute Gasteiger partial charge is 0.233 e. The molecule has 1 saturated heterocycles. The Morgan fingerprint density at radius 3 is 2.90 bits per heavy atom. The largest absolute Gasteiger partial charge is 0.351 e. The predicted octanol–water partition coefficient (Wildman–Crippen LogP) is 1.75. The number of carbonyl (C=O) groups excluding carboxylic acids is 1. The zero-order valence-electron chi connectivity index (χ0n) is 11.7. The Bertz CT molecular complexity index is 618. The molecule has 0 spiro atoms. The maximum atomic E-state index is 13.0. The first-order valence-corrected chi connectivity index (χ1v) is 9.59. The number of halogens is 1. The molecule has 0 saturated carbocycles. The molecule has 1 aromatic carbocycles. The highest BCUT2D eigenvalue weighted by atomic mass is 32.2. The molecule has 1 amide bonds. The Hall–Kier alpha value is -1.08. The van der Waals surface area contributed by atoms with Crippen LogP contribution in [0.25, 0.3) is 0 Å². The predicted molar refractivity (Wildman–Crippen MR) is 82.4 cm³/mol. The van der Waals surface area contributed by atoms with E-state index in [1.807, 2.05) is 6.07 Å². The van der Waals surface area contributed by atoms with Crippen molar-refractivity contribution in [3.63, 3.8) is 0 Å². The molecule has 7 heteroatoms. The number of hydrogen-bond acceptors (Lipinski definition) is 4. The van der Waals surface area contributed by atoms with Crippen LogP contribution in [0.5, 0.6) is 0 Å². The zero-order chi connectivity index (χ0) is 15.5. The van der Waals surface area contributed by atoms with Gasteiger partial charge in [0.2, 0.25) is 5.91 Å². The first-order valence-electron chi connectivity index (χ1n) is 6.72. The van der Waals surface area contributed by atoms with Gasteiger partial charge in [-0.3, -0.25) is 4.79 Å². The van der Waals surface area contributed by atoms with E-state index in [9.17, 15) is 17.6 Å². The van der Waals surface area contributed by atoms with Crippen LogP contribution in [0.4, 0.5) is 4.39 Å². The molecule has 1 heterocycles. The summed E-state index contributed by atoms with van der Waals surface area (Å²) in [6, 6.07) is 6.00. The van der Waals surface area contributed by atoms with Crippen molar-refractivity contribution in [3.8, 4) is 0 Å². The summed E-state index contributed by atoms with van der Waals surface area (Å²) in [5, 5.41) is 2.46. The molecule has 1 N–H and O–H groups in total. The van der Waals surface area contributed by atoms with E-state index in [1.54, 1.807) is 13.0 Å². The Kier molecular flexibility index (Phi) is 5.27. The van der Waals surface area contributed by atoms with Crippen LogP contribution < -0.4 is 5.32 Å². The fraction of sp³-hybridized carbons (Fsp3) is 0.500. The molecule has 21 heavy (non-hydrogen) atoms. The fourth-order valence-corrected chi connectivity index (χ4v) is 4.67. The molecule has 4 nitrogen and oxygen atoms in total. The van der Waals surface area contributed by atoms with Gasteiger partial charge in [-0.2, -0.15) is 0 Å². The van der Waals surface area contributed by atoms with Crippen molar-refractivity contribution in [2.24, 2.45) is 0 Å². The zero-order valence-corrected chi connectivity index (χ0v) is 13.3. The van der Waals surface area contributed by atoms with E-state index >= 15 is 0 Å². The standard InChI is InChI=1S/C14H18FNO3S2/c1-10(20-8-11-3-2-4-12(15)7-11)14(17)16-13-5-6-21(18,19)9-13/h2-4,7,10,13H,5-6,8-9H2,1H3,(H,16,17)/t10-,13-/m1/s1. The molecule has 116 valence electrons. The van der Waals surface area contributed by atoms with Gasteiger partial charge in [0, 0.05) is 11.8 Å². The number of nitrogens with one attached hydrogen (secondary N) is 1. The number of thioether (sulfide) groups is 1. The van der Waals surface area contributed by atoms with Gasteiger partial charge >= 0.3 is 0 Å². The van der Waals surface area contributed by atoms with Crippen LogP contribution in [0.15, 0.2) is 24.3 Å². The maximum Gasteiger partial charge on any atom is 0.233 e. The molecule has 0 unspecified atom stereocenters. The average molecular weight is 331 g/mol. The summed E-state index contributed by atoms with van der Waals surface area (Å²) in [6.07, 6.45) is 0.482. The minimum Gasteiger partial charge on any atom is -0.351 e. The van der Waals surface area contributed by atoms with E-state index in [2.05, 4.69) is 5.32 Å². The summed E-state index contributed by atoms with van der Waals surface area (Å²) in [7, 11) is -2.99. The Morgan fingerprint density at radius 2 is 2.29 bits per heavy atom. The summed E-state index contributed by atoms with van der Waals surface area (Å²) < 4.78 is 35.7. The Morgan fingerprint density at radius 1 is 1.52 bits per heavy atom. The minimum absolute atomic E-state index is 0.0278. The first kappa shape index (κ1) is 16.3. The van der Waals surface area contributed by atoms with Crippen molar-refractivity contribution >= 4 is 27.5 Å². The monoisotopic (exact) mass is 331 g/mol. The SMILES string of the molecule is C[C@@H](SCc1cccc(F)c1)C(=O)N[C@@H]1CCS(=O)(=O)C1. The summed E-state index contributed by atoms with van der Waals surface area (Å²) in [5.41, 5.74) is 0.822. The highest BCUT2D eigenvalue weighted by Crippen LogP contribution is 2.19. The lowest BCUT2D eigenvalue weighted by molar-refractivity contribution is -0.120. The van der Waals surface area contributed by atoms with E-state index in [0.717, 1.165) is 5.56 Å². The fourth-order valence-electron chi connectivity index (χ4n) is 2.15. The van der Waals surface area contributed by atoms with Crippen molar-refractivity contribution in [2.45, 2.75) is 30.4 Å². The van der Waals surface area contributed by atoms with Crippen molar-refractivity contribution < 1.29 is 17.6 Å². The van der Waals surface area contributed by atoms with Gasteiger partial charge < -0.3 is 5.32 Å². The van der Waals surface area contributed by atoms with Gasteiger partial charge in [0.15, 0.2) is 9.84 Å². The minimum atomic E-state index is -2.99. The third-order valence-electron chi connectivity index (χ3n) is 3.34. The van der Waals surface area contributed by atoms with Gasteiger partial charge in [0.25, 0.3) is 0 Å². The van der Waals surface area contributed by atoms with Crippen LogP contribution in [-0.2, 0) is 20.4 Å². The molecule has 0 bridgehead atoms. The molecule has 2 rings (SSSR count).